The fourth-order valence-corrected chi connectivity index (χ4v) is 3.00. The first-order valence-electron chi connectivity index (χ1n) is 8.56. The Balaban J connectivity index is 0.00000264. The zero-order valence-corrected chi connectivity index (χ0v) is 16.8. The quantitative estimate of drug-likeness (QED) is 0.409. The molecule has 1 saturated carbocycles. The predicted octanol–water partition coefficient (Wildman–Crippen LogP) is 3.89. The highest BCUT2D eigenvalue weighted by molar-refractivity contribution is 14.0. The Hall–Kier alpha value is -0.980. The minimum Gasteiger partial charge on any atom is -0.372 e. The van der Waals surface area contributed by atoms with Gasteiger partial charge in [-0.1, -0.05) is 38.3 Å². The van der Waals surface area contributed by atoms with E-state index in [9.17, 15) is 0 Å². The van der Waals surface area contributed by atoms with Crippen molar-refractivity contribution in [2.75, 3.05) is 18.5 Å². The third-order valence-corrected chi connectivity index (χ3v) is 4.45. The number of aliphatic imine (C=N–C) groups is 1. The average Bonchev–Trinajstić information content (AvgIpc) is 2.58. The van der Waals surface area contributed by atoms with Crippen molar-refractivity contribution in [2.45, 2.75) is 58.0 Å². The van der Waals surface area contributed by atoms with Crippen molar-refractivity contribution in [2.24, 2.45) is 10.7 Å². The Morgan fingerprint density at radius 3 is 2.48 bits per heavy atom. The van der Waals surface area contributed by atoms with Gasteiger partial charge in [0, 0.05) is 25.3 Å². The number of guanidine groups is 1. The second-order valence-electron chi connectivity index (χ2n) is 6.20. The summed E-state index contributed by atoms with van der Waals surface area (Å²) in [5, 5.41) is 3.09. The molecular formula is C18H31IN4. The molecule has 0 aliphatic heterocycles. The molecule has 0 atom stereocenters. The maximum atomic E-state index is 5.81. The van der Waals surface area contributed by atoms with E-state index in [0.29, 0.717) is 18.5 Å². The van der Waals surface area contributed by atoms with E-state index in [-0.39, 0.29) is 24.0 Å². The number of nitrogens with two attached hydrogens (primary N) is 1. The van der Waals surface area contributed by atoms with Gasteiger partial charge < -0.3 is 16.0 Å². The van der Waals surface area contributed by atoms with Crippen LogP contribution >= 0.6 is 24.0 Å². The van der Waals surface area contributed by atoms with E-state index in [2.05, 4.69) is 53.4 Å². The number of halogens is 1. The lowest BCUT2D eigenvalue weighted by molar-refractivity contribution is 0.427. The van der Waals surface area contributed by atoms with Crippen molar-refractivity contribution in [1.82, 2.24) is 5.32 Å². The minimum atomic E-state index is 0. The molecule has 1 aliphatic rings. The molecule has 0 bridgehead atoms. The standard InChI is InChI=1S/C18H30N4.HI/c1-3-13-20-18(19)21-14-15-9-11-17(12-10-15)22(2)16-7-5-4-6-8-16;/h9-12,16H,3-8,13-14H2,1-2H3,(H3,19,20,21);1H. The number of anilines is 1. The van der Waals surface area contributed by atoms with Crippen molar-refractivity contribution in [1.29, 1.82) is 0 Å². The Morgan fingerprint density at radius 2 is 1.87 bits per heavy atom. The van der Waals surface area contributed by atoms with Crippen LogP contribution in [0.3, 0.4) is 0 Å². The number of benzene rings is 1. The highest BCUT2D eigenvalue weighted by atomic mass is 127. The number of nitrogens with zero attached hydrogens (tertiary/aromatic N) is 2. The topological polar surface area (TPSA) is 53.6 Å². The summed E-state index contributed by atoms with van der Waals surface area (Å²) in [5.41, 5.74) is 8.31. The Morgan fingerprint density at radius 1 is 1.22 bits per heavy atom. The summed E-state index contributed by atoms with van der Waals surface area (Å²) >= 11 is 0. The first-order chi connectivity index (χ1) is 10.7. The normalized spacial score (nSPS) is 15.8. The first kappa shape index (κ1) is 20.1. The van der Waals surface area contributed by atoms with E-state index in [0.717, 1.165) is 13.0 Å². The maximum absolute atomic E-state index is 5.81. The third-order valence-electron chi connectivity index (χ3n) is 4.45. The second kappa shape index (κ2) is 10.7. The molecule has 5 heteroatoms. The summed E-state index contributed by atoms with van der Waals surface area (Å²) < 4.78 is 0. The van der Waals surface area contributed by atoms with Crippen LogP contribution in [0.2, 0.25) is 0 Å². The molecule has 0 unspecified atom stereocenters. The summed E-state index contributed by atoms with van der Waals surface area (Å²) in [7, 11) is 2.22. The minimum absolute atomic E-state index is 0. The van der Waals surface area contributed by atoms with Crippen molar-refractivity contribution < 1.29 is 0 Å². The van der Waals surface area contributed by atoms with E-state index in [4.69, 9.17) is 5.73 Å². The molecule has 23 heavy (non-hydrogen) atoms. The SMILES string of the molecule is CCCNC(N)=NCc1ccc(N(C)C2CCCCC2)cc1.I. The lowest BCUT2D eigenvalue weighted by Crippen LogP contribution is -2.33. The fourth-order valence-electron chi connectivity index (χ4n) is 3.00. The van der Waals surface area contributed by atoms with Crippen LogP contribution in [0.5, 0.6) is 0 Å². The molecule has 4 nitrogen and oxygen atoms in total. The van der Waals surface area contributed by atoms with Gasteiger partial charge in [0.2, 0.25) is 0 Å². The van der Waals surface area contributed by atoms with Crippen LogP contribution in [0.15, 0.2) is 29.3 Å². The lowest BCUT2D eigenvalue weighted by atomic mass is 9.94. The summed E-state index contributed by atoms with van der Waals surface area (Å²) in [6.45, 7) is 3.62. The first-order valence-corrected chi connectivity index (χ1v) is 8.56. The van der Waals surface area contributed by atoms with Gasteiger partial charge in [0.05, 0.1) is 6.54 Å². The van der Waals surface area contributed by atoms with Gasteiger partial charge >= 0.3 is 0 Å². The molecule has 1 aromatic carbocycles. The molecular weight excluding hydrogens is 399 g/mol. The summed E-state index contributed by atoms with van der Waals surface area (Å²) in [5.74, 6) is 0.533. The highest BCUT2D eigenvalue weighted by Crippen LogP contribution is 2.26. The third kappa shape index (κ3) is 6.57. The maximum Gasteiger partial charge on any atom is 0.188 e. The molecule has 0 saturated heterocycles. The van der Waals surface area contributed by atoms with Gasteiger partial charge in [0.15, 0.2) is 5.96 Å². The van der Waals surface area contributed by atoms with Gasteiger partial charge in [-0.25, -0.2) is 4.99 Å². The largest absolute Gasteiger partial charge is 0.372 e. The van der Waals surface area contributed by atoms with E-state index >= 15 is 0 Å². The zero-order valence-electron chi connectivity index (χ0n) is 14.4. The molecule has 0 heterocycles. The molecule has 0 amide bonds. The van der Waals surface area contributed by atoms with Crippen LogP contribution in [-0.2, 0) is 6.54 Å². The van der Waals surface area contributed by atoms with Crippen molar-refractivity contribution in [3.8, 4) is 0 Å². The Kier molecular flexibility index (Phi) is 9.36. The van der Waals surface area contributed by atoms with E-state index < -0.39 is 0 Å². The van der Waals surface area contributed by atoms with E-state index in [1.165, 1.54) is 43.4 Å². The smallest absolute Gasteiger partial charge is 0.188 e. The molecule has 130 valence electrons. The second-order valence-corrected chi connectivity index (χ2v) is 6.20. The average molecular weight is 430 g/mol. The van der Waals surface area contributed by atoms with E-state index in [1.807, 2.05) is 0 Å². The van der Waals surface area contributed by atoms with Gasteiger partial charge in [-0.3, -0.25) is 0 Å². The molecule has 1 fully saturated rings. The molecule has 0 aromatic heterocycles. The number of hydrogen-bond acceptors (Lipinski definition) is 2. The van der Waals surface area contributed by atoms with Gasteiger partial charge in [-0.05, 0) is 37.0 Å². The number of rotatable bonds is 6. The highest BCUT2D eigenvalue weighted by Gasteiger charge is 2.18. The van der Waals surface area contributed by atoms with Crippen molar-refractivity contribution >= 4 is 35.6 Å². The van der Waals surface area contributed by atoms with Crippen LogP contribution in [-0.4, -0.2) is 25.6 Å². The van der Waals surface area contributed by atoms with E-state index in [1.54, 1.807) is 0 Å². The zero-order chi connectivity index (χ0) is 15.8. The monoisotopic (exact) mass is 430 g/mol. The lowest BCUT2D eigenvalue weighted by Gasteiger charge is -2.33. The Bertz CT molecular complexity index is 466. The summed E-state index contributed by atoms with van der Waals surface area (Å²) in [6, 6.07) is 9.42. The molecule has 2 rings (SSSR count). The number of hydrogen-bond donors (Lipinski definition) is 2. The number of nitrogens with one attached hydrogen (secondary N) is 1. The van der Waals surface area contributed by atoms with Crippen LogP contribution < -0.4 is 16.0 Å². The van der Waals surface area contributed by atoms with Crippen LogP contribution in [0.4, 0.5) is 5.69 Å². The van der Waals surface area contributed by atoms with Crippen molar-refractivity contribution in [3.63, 3.8) is 0 Å². The molecule has 0 radical (unpaired) electrons. The molecule has 0 spiro atoms. The van der Waals surface area contributed by atoms with Gasteiger partial charge in [-0.2, -0.15) is 0 Å². The Labute approximate surface area is 157 Å². The molecule has 3 N–H and O–H groups in total. The fraction of sp³-hybridized carbons (Fsp3) is 0.611. The van der Waals surface area contributed by atoms with Gasteiger partial charge in [-0.15, -0.1) is 24.0 Å². The molecule has 1 aliphatic carbocycles. The van der Waals surface area contributed by atoms with Crippen LogP contribution in [0.25, 0.3) is 0 Å². The summed E-state index contributed by atoms with van der Waals surface area (Å²) in [4.78, 5) is 6.80. The predicted molar refractivity (Wildman–Crippen MR) is 111 cm³/mol. The van der Waals surface area contributed by atoms with Crippen molar-refractivity contribution in [3.05, 3.63) is 29.8 Å². The van der Waals surface area contributed by atoms with Crippen LogP contribution in [0.1, 0.15) is 51.0 Å². The van der Waals surface area contributed by atoms with Crippen LogP contribution in [0, 0.1) is 0 Å². The van der Waals surface area contributed by atoms with Gasteiger partial charge in [0.25, 0.3) is 0 Å². The summed E-state index contributed by atoms with van der Waals surface area (Å²) in [6.07, 6.45) is 7.83. The van der Waals surface area contributed by atoms with Gasteiger partial charge in [0.1, 0.15) is 0 Å². The molecule has 1 aromatic rings.